The molecule has 1 aromatic carbocycles. The molecule has 84 valence electrons. The Balaban J connectivity index is 2.53. The number of hydrogen-bond acceptors (Lipinski definition) is 2. The molecule has 0 saturated heterocycles. The van der Waals surface area contributed by atoms with Gasteiger partial charge in [0, 0.05) is 11.3 Å². The van der Waals surface area contributed by atoms with Crippen molar-refractivity contribution in [2.75, 3.05) is 11.9 Å². The van der Waals surface area contributed by atoms with Crippen molar-refractivity contribution >= 4 is 11.6 Å². The fourth-order valence-corrected chi connectivity index (χ4v) is 1.13. The molecular weight excluding hydrogens is 202 g/mol. The number of nitrogens with one attached hydrogen (secondary N) is 1. The molecule has 0 atom stereocenters. The largest absolute Gasteiger partial charge is 0.369 e. The van der Waals surface area contributed by atoms with Gasteiger partial charge < -0.3 is 10.1 Å². The lowest BCUT2D eigenvalue weighted by molar-refractivity contribution is -0.121. The summed E-state index contributed by atoms with van der Waals surface area (Å²) in [7, 11) is 0. The highest BCUT2D eigenvalue weighted by atomic mass is 16.5. The molecule has 1 N–H and O–H groups in total. The van der Waals surface area contributed by atoms with Crippen molar-refractivity contribution in [3.8, 4) is 12.3 Å². The van der Waals surface area contributed by atoms with Crippen molar-refractivity contribution in [2.45, 2.75) is 20.0 Å². The summed E-state index contributed by atoms with van der Waals surface area (Å²) >= 11 is 0. The van der Waals surface area contributed by atoms with E-state index in [4.69, 9.17) is 11.2 Å². The van der Waals surface area contributed by atoms with Gasteiger partial charge in [-0.25, -0.2) is 0 Å². The van der Waals surface area contributed by atoms with Gasteiger partial charge in [0.2, 0.25) is 5.91 Å². The number of carbonyl (C=O) groups is 1. The number of amides is 1. The van der Waals surface area contributed by atoms with E-state index < -0.39 is 0 Å². The molecule has 1 aromatic rings. The average Bonchev–Trinajstić information content (AvgIpc) is 2.26. The second kappa shape index (κ2) is 5.94. The Morgan fingerprint density at radius 3 is 2.94 bits per heavy atom. The molecule has 1 amide bonds. The lowest BCUT2D eigenvalue weighted by Gasteiger charge is -2.08. The molecule has 0 spiro atoms. The van der Waals surface area contributed by atoms with E-state index in [0.29, 0.717) is 5.69 Å². The van der Waals surface area contributed by atoms with Crippen LogP contribution in [0.25, 0.3) is 0 Å². The van der Waals surface area contributed by atoms with Gasteiger partial charge in [-0.3, -0.25) is 4.79 Å². The molecular formula is C13H15NO2. The van der Waals surface area contributed by atoms with Crippen LogP contribution in [0.15, 0.2) is 24.3 Å². The number of anilines is 1. The van der Waals surface area contributed by atoms with Gasteiger partial charge in [0.15, 0.2) is 0 Å². The Hall–Kier alpha value is -1.79. The number of ether oxygens (including phenoxy) is 1. The molecule has 0 bridgehead atoms. The molecule has 3 nitrogen and oxygen atoms in total. The van der Waals surface area contributed by atoms with Crippen LogP contribution in [0, 0.1) is 12.3 Å². The van der Waals surface area contributed by atoms with Crippen LogP contribution in [0.2, 0.25) is 0 Å². The van der Waals surface area contributed by atoms with Crippen LogP contribution in [0.1, 0.15) is 19.4 Å². The lowest BCUT2D eigenvalue weighted by atomic mass is 10.2. The number of terminal acetylenes is 1. The second-order valence-electron chi connectivity index (χ2n) is 3.63. The maximum atomic E-state index is 11.4. The van der Waals surface area contributed by atoms with Crippen molar-refractivity contribution in [3.63, 3.8) is 0 Å². The van der Waals surface area contributed by atoms with E-state index in [9.17, 15) is 4.79 Å². The first-order valence-electron chi connectivity index (χ1n) is 5.10. The van der Waals surface area contributed by atoms with E-state index >= 15 is 0 Å². The summed E-state index contributed by atoms with van der Waals surface area (Å²) in [5.41, 5.74) is 1.43. The quantitative estimate of drug-likeness (QED) is 0.784. The predicted molar refractivity (Wildman–Crippen MR) is 64.1 cm³/mol. The van der Waals surface area contributed by atoms with Crippen LogP contribution in [-0.2, 0) is 9.53 Å². The zero-order chi connectivity index (χ0) is 12.0. The van der Waals surface area contributed by atoms with E-state index in [2.05, 4.69) is 11.2 Å². The number of rotatable bonds is 4. The summed E-state index contributed by atoms with van der Waals surface area (Å²) in [6, 6.07) is 7.13. The lowest BCUT2D eigenvalue weighted by Crippen LogP contribution is -2.20. The topological polar surface area (TPSA) is 38.3 Å². The molecule has 0 radical (unpaired) electrons. The maximum Gasteiger partial charge on any atom is 0.250 e. The van der Waals surface area contributed by atoms with Crippen molar-refractivity contribution in [1.82, 2.24) is 0 Å². The standard InChI is InChI=1S/C13H15NO2/c1-4-11-6-5-7-12(8-11)14-13(15)9-16-10(2)3/h1,5-8,10H,9H2,2-3H3,(H,14,15). The van der Waals surface area contributed by atoms with Crippen LogP contribution < -0.4 is 5.32 Å². The second-order valence-corrected chi connectivity index (χ2v) is 3.63. The summed E-state index contributed by atoms with van der Waals surface area (Å²) in [4.78, 5) is 11.4. The summed E-state index contributed by atoms with van der Waals surface area (Å²) in [6.45, 7) is 3.82. The number of benzene rings is 1. The Morgan fingerprint density at radius 1 is 1.56 bits per heavy atom. The first-order valence-corrected chi connectivity index (χ1v) is 5.10. The molecule has 16 heavy (non-hydrogen) atoms. The SMILES string of the molecule is C#Cc1cccc(NC(=O)COC(C)C)c1. The fourth-order valence-electron chi connectivity index (χ4n) is 1.13. The van der Waals surface area contributed by atoms with E-state index in [1.807, 2.05) is 13.8 Å². The average molecular weight is 217 g/mol. The third-order valence-corrected chi connectivity index (χ3v) is 1.86. The molecule has 0 saturated carbocycles. The summed E-state index contributed by atoms with van der Waals surface area (Å²) in [5.74, 6) is 2.33. The molecule has 3 heteroatoms. The first kappa shape index (κ1) is 12.3. The van der Waals surface area contributed by atoms with Crippen LogP contribution in [0.5, 0.6) is 0 Å². The van der Waals surface area contributed by atoms with E-state index in [-0.39, 0.29) is 18.6 Å². The Morgan fingerprint density at radius 2 is 2.31 bits per heavy atom. The van der Waals surface area contributed by atoms with E-state index in [1.54, 1.807) is 24.3 Å². The Bertz CT molecular complexity index is 405. The normalized spacial score (nSPS) is 9.88. The Labute approximate surface area is 95.8 Å². The van der Waals surface area contributed by atoms with Gasteiger partial charge >= 0.3 is 0 Å². The molecule has 1 rings (SSSR count). The third kappa shape index (κ3) is 4.16. The molecule has 0 fully saturated rings. The third-order valence-electron chi connectivity index (χ3n) is 1.86. The minimum atomic E-state index is -0.178. The van der Waals surface area contributed by atoms with Gasteiger partial charge in [-0.1, -0.05) is 12.0 Å². The minimum Gasteiger partial charge on any atom is -0.369 e. The maximum absolute atomic E-state index is 11.4. The Kier molecular flexibility index (Phi) is 4.56. The van der Waals surface area contributed by atoms with E-state index in [0.717, 1.165) is 5.56 Å². The predicted octanol–water partition coefficient (Wildman–Crippen LogP) is 2.03. The number of hydrogen-bond donors (Lipinski definition) is 1. The van der Waals surface area contributed by atoms with Gasteiger partial charge in [0.05, 0.1) is 6.10 Å². The van der Waals surface area contributed by atoms with Crippen molar-refractivity contribution < 1.29 is 9.53 Å². The van der Waals surface area contributed by atoms with Crippen molar-refractivity contribution in [1.29, 1.82) is 0 Å². The fraction of sp³-hybridized carbons (Fsp3) is 0.308. The zero-order valence-electron chi connectivity index (χ0n) is 9.49. The molecule has 0 unspecified atom stereocenters. The van der Waals surface area contributed by atoms with Gasteiger partial charge in [0.25, 0.3) is 0 Å². The number of carbonyl (C=O) groups excluding carboxylic acids is 1. The van der Waals surface area contributed by atoms with Crippen LogP contribution in [0.3, 0.4) is 0 Å². The highest BCUT2D eigenvalue weighted by Gasteiger charge is 2.03. The monoisotopic (exact) mass is 217 g/mol. The molecule has 0 aliphatic carbocycles. The summed E-state index contributed by atoms with van der Waals surface area (Å²) in [6.07, 6.45) is 5.30. The molecule has 0 aliphatic heterocycles. The van der Waals surface area contributed by atoms with Crippen molar-refractivity contribution in [3.05, 3.63) is 29.8 Å². The highest BCUT2D eigenvalue weighted by molar-refractivity contribution is 5.91. The van der Waals surface area contributed by atoms with Crippen LogP contribution in [0.4, 0.5) is 5.69 Å². The molecule has 0 aliphatic rings. The van der Waals surface area contributed by atoms with Gasteiger partial charge in [-0.05, 0) is 32.0 Å². The van der Waals surface area contributed by atoms with Gasteiger partial charge in [-0.15, -0.1) is 6.42 Å². The first-order chi connectivity index (χ1) is 7.61. The summed E-state index contributed by atoms with van der Waals surface area (Å²) < 4.78 is 5.18. The van der Waals surface area contributed by atoms with Crippen LogP contribution in [-0.4, -0.2) is 18.6 Å². The van der Waals surface area contributed by atoms with Crippen LogP contribution >= 0.6 is 0 Å². The van der Waals surface area contributed by atoms with E-state index in [1.165, 1.54) is 0 Å². The summed E-state index contributed by atoms with van der Waals surface area (Å²) in [5, 5.41) is 2.71. The minimum absolute atomic E-state index is 0.0443. The van der Waals surface area contributed by atoms with Crippen molar-refractivity contribution in [2.24, 2.45) is 0 Å². The van der Waals surface area contributed by atoms with Gasteiger partial charge in [0.1, 0.15) is 6.61 Å². The zero-order valence-corrected chi connectivity index (χ0v) is 9.49. The van der Waals surface area contributed by atoms with Gasteiger partial charge in [-0.2, -0.15) is 0 Å². The smallest absolute Gasteiger partial charge is 0.250 e. The molecule has 0 aromatic heterocycles. The molecule has 0 heterocycles. The highest BCUT2D eigenvalue weighted by Crippen LogP contribution is 2.09.